The fraction of sp³-hybridized carbons (Fsp3) is 0.848. The van der Waals surface area contributed by atoms with Gasteiger partial charge in [-0.15, -0.1) is 0 Å². The van der Waals surface area contributed by atoms with E-state index < -0.39 is 0 Å². The zero-order chi connectivity index (χ0) is 28.7. The van der Waals surface area contributed by atoms with Crippen molar-refractivity contribution in [2.45, 2.75) is 97.4 Å². The summed E-state index contributed by atoms with van der Waals surface area (Å²) in [6.45, 7) is 10.3. The molecule has 5 aliphatic rings. The quantitative estimate of drug-likeness (QED) is 0.187. The molecule has 0 radical (unpaired) electrons. The molecule has 4 aliphatic carbocycles. The van der Waals surface area contributed by atoms with Gasteiger partial charge in [-0.3, -0.25) is 14.5 Å². The smallest absolute Gasteiger partial charge is 0.329 e. The van der Waals surface area contributed by atoms with E-state index in [0.29, 0.717) is 49.1 Å². The topological polar surface area (TPSA) is 71.0 Å². The number of hydrogen-bond acceptors (Lipinski definition) is 5. The van der Waals surface area contributed by atoms with E-state index >= 15 is 0 Å². The molecule has 1 saturated heterocycles. The number of hydrogen-bond donors (Lipinski definition) is 1. The van der Waals surface area contributed by atoms with Crippen molar-refractivity contribution in [3.8, 4) is 0 Å². The first-order valence-corrected chi connectivity index (χ1v) is 16.2. The lowest BCUT2D eigenvalue weighted by Crippen LogP contribution is -2.51. The van der Waals surface area contributed by atoms with Crippen molar-refractivity contribution >= 4 is 17.6 Å². The minimum absolute atomic E-state index is 0.206. The monoisotopic (exact) mass is 555 g/mol. The Bertz CT molecular complexity index is 1030. The highest BCUT2D eigenvalue weighted by Gasteiger charge is 2.59. The number of amides is 1. The molecule has 1 amide bonds. The molecule has 7 heteroatoms. The van der Waals surface area contributed by atoms with Gasteiger partial charge in [0.25, 0.3) is 0 Å². The van der Waals surface area contributed by atoms with Gasteiger partial charge in [-0.25, -0.2) is 4.79 Å². The molecule has 3 saturated carbocycles. The van der Waals surface area contributed by atoms with Crippen molar-refractivity contribution in [1.29, 1.82) is 0 Å². The van der Waals surface area contributed by atoms with Crippen LogP contribution in [0.1, 0.15) is 91.4 Å². The molecule has 1 N–H and O–H groups in total. The maximum absolute atomic E-state index is 13.3. The first kappa shape index (κ1) is 29.8. The summed E-state index contributed by atoms with van der Waals surface area (Å²) >= 11 is 0. The van der Waals surface area contributed by atoms with Gasteiger partial charge in [0.05, 0.1) is 39.9 Å². The molecule has 7 nitrogen and oxygen atoms in total. The van der Waals surface area contributed by atoms with Crippen molar-refractivity contribution in [1.82, 2.24) is 10.2 Å². The van der Waals surface area contributed by atoms with Gasteiger partial charge >= 0.3 is 6.09 Å². The molecule has 0 bridgehead atoms. The summed E-state index contributed by atoms with van der Waals surface area (Å²) in [5.41, 5.74) is 2.84. The summed E-state index contributed by atoms with van der Waals surface area (Å²) in [4.78, 5) is 33.1. The number of ketones is 1. The van der Waals surface area contributed by atoms with Gasteiger partial charge < -0.3 is 9.80 Å². The fourth-order valence-electron chi connectivity index (χ4n) is 9.50. The number of carbonyl (C=O) groups is 2. The molecule has 4 fully saturated rings. The SMILES string of the molecule is C/C(=N\OC(=O)N(CC[N+](C)(C)C)CC1CCCCN1)[C@H]1CC[C@H]2[C@@H]3CCC4=CC(=O)CC[C@]4(C)[C@H]3CC[C@]12C. The molecule has 1 unspecified atom stereocenters. The third-order valence-electron chi connectivity index (χ3n) is 11.9. The minimum atomic E-state index is -0.310. The third kappa shape index (κ3) is 5.92. The number of piperidine rings is 1. The van der Waals surface area contributed by atoms with E-state index in [1.165, 1.54) is 44.1 Å². The Balaban J connectivity index is 1.25. The second kappa shape index (κ2) is 11.5. The van der Waals surface area contributed by atoms with Crippen LogP contribution in [0.25, 0.3) is 0 Å². The molecule has 224 valence electrons. The third-order valence-corrected chi connectivity index (χ3v) is 11.9. The van der Waals surface area contributed by atoms with Crippen LogP contribution < -0.4 is 5.32 Å². The number of likely N-dealkylation sites (N-methyl/N-ethyl adjacent to an activating group) is 1. The number of oxime groups is 1. The predicted molar refractivity (Wildman–Crippen MR) is 160 cm³/mol. The molecule has 1 heterocycles. The maximum atomic E-state index is 13.3. The summed E-state index contributed by atoms with van der Waals surface area (Å²) in [5.74, 6) is 2.80. The summed E-state index contributed by atoms with van der Waals surface area (Å²) in [7, 11) is 6.48. The summed E-state index contributed by atoms with van der Waals surface area (Å²) in [6.07, 6.45) is 14.1. The van der Waals surface area contributed by atoms with E-state index in [4.69, 9.17) is 4.84 Å². The Morgan fingerprint density at radius 3 is 2.60 bits per heavy atom. The van der Waals surface area contributed by atoms with E-state index in [2.05, 4.69) is 52.4 Å². The van der Waals surface area contributed by atoms with Crippen LogP contribution in [0, 0.1) is 34.5 Å². The number of rotatable bonds is 7. The number of fused-ring (bicyclic) bond motifs is 5. The number of carbonyl (C=O) groups excluding carboxylic acids is 2. The van der Waals surface area contributed by atoms with Crippen LogP contribution in [-0.4, -0.2) is 80.3 Å². The van der Waals surface area contributed by atoms with E-state index in [9.17, 15) is 9.59 Å². The fourth-order valence-corrected chi connectivity index (χ4v) is 9.50. The maximum Gasteiger partial charge on any atom is 0.436 e. The molecule has 0 aromatic heterocycles. The highest BCUT2D eigenvalue weighted by atomic mass is 16.7. The van der Waals surface area contributed by atoms with Crippen LogP contribution in [0.4, 0.5) is 4.79 Å². The molecule has 5 rings (SSSR count). The van der Waals surface area contributed by atoms with Crippen LogP contribution in [0.15, 0.2) is 16.8 Å². The van der Waals surface area contributed by atoms with E-state index in [0.717, 1.165) is 54.9 Å². The minimum Gasteiger partial charge on any atom is -0.329 e. The van der Waals surface area contributed by atoms with Crippen LogP contribution in [0.3, 0.4) is 0 Å². The Labute approximate surface area is 242 Å². The second-order valence-electron chi connectivity index (χ2n) is 15.3. The van der Waals surface area contributed by atoms with Gasteiger partial charge in [0.1, 0.15) is 0 Å². The lowest BCUT2D eigenvalue weighted by atomic mass is 9.46. The molecule has 1 aliphatic heterocycles. The van der Waals surface area contributed by atoms with Crippen LogP contribution in [-0.2, 0) is 9.63 Å². The number of allylic oxidation sites excluding steroid dienone is 1. The standard InChI is InChI=1S/C33H55N4O3/c1-23(35-40-31(39)36(19-20-37(4,5)6)22-25-9-7-8-18-34-25)28-12-13-29-27-11-10-24-21-26(38)14-16-32(24,2)30(27)15-17-33(28,29)3/h21,25,27-30,34H,7-20,22H2,1-6H3/q+1/b35-23+/t25?,27-,28+,29-,30-,32-,33+/m0/s1. The average Bonchev–Trinajstić information content (AvgIpc) is 3.27. The highest BCUT2D eigenvalue weighted by Crippen LogP contribution is 2.66. The summed E-state index contributed by atoms with van der Waals surface area (Å²) in [6, 6.07) is 0.332. The molecule has 7 atom stereocenters. The van der Waals surface area contributed by atoms with E-state index in [1.807, 2.05) is 11.0 Å². The average molecular weight is 556 g/mol. The normalized spacial score (nSPS) is 38.1. The second-order valence-corrected chi connectivity index (χ2v) is 15.3. The first-order chi connectivity index (χ1) is 18.9. The number of nitrogens with one attached hydrogen (secondary N) is 1. The van der Waals surface area contributed by atoms with Gasteiger partial charge in [0.15, 0.2) is 5.78 Å². The van der Waals surface area contributed by atoms with Gasteiger partial charge in [-0.1, -0.05) is 31.0 Å². The van der Waals surface area contributed by atoms with E-state index in [1.54, 1.807) is 0 Å². The van der Waals surface area contributed by atoms with Crippen LogP contribution in [0.5, 0.6) is 0 Å². The Hall–Kier alpha value is -1.73. The molecule has 0 spiro atoms. The molecule has 0 aromatic rings. The zero-order valence-corrected chi connectivity index (χ0v) is 26.1. The van der Waals surface area contributed by atoms with Gasteiger partial charge in [-0.05, 0) is 106 Å². The van der Waals surface area contributed by atoms with Crippen molar-refractivity contribution in [3.63, 3.8) is 0 Å². The highest BCUT2D eigenvalue weighted by molar-refractivity contribution is 5.91. The van der Waals surface area contributed by atoms with Crippen LogP contribution >= 0.6 is 0 Å². The lowest BCUT2D eigenvalue weighted by Gasteiger charge is -2.58. The van der Waals surface area contributed by atoms with Crippen molar-refractivity contribution in [3.05, 3.63) is 11.6 Å². The Kier molecular flexibility index (Phi) is 8.56. The van der Waals surface area contributed by atoms with E-state index in [-0.39, 0.29) is 16.9 Å². The zero-order valence-electron chi connectivity index (χ0n) is 26.1. The van der Waals surface area contributed by atoms with Gasteiger partial charge in [-0.2, -0.15) is 0 Å². The summed E-state index contributed by atoms with van der Waals surface area (Å²) < 4.78 is 0.806. The van der Waals surface area contributed by atoms with Crippen molar-refractivity contribution in [2.24, 2.45) is 39.7 Å². The first-order valence-electron chi connectivity index (χ1n) is 16.2. The number of nitrogens with zero attached hydrogens (tertiary/aromatic N) is 3. The predicted octanol–water partition coefficient (Wildman–Crippen LogP) is 5.80. The molecular formula is C33H55N4O3+. The summed E-state index contributed by atoms with van der Waals surface area (Å²) in [5, 5.41) is 8.13. The molecule has 0 aromatic carbocycles. The Morgan fingerprint density at radius 2 is 1.88 bits per heavy atom. The van der Waals surface area contributed by atoms with Crippen LogP contribution in [0.2, 0.25) is 0 Å². The largest absolute Gasteiger partial charge is 0.436 e. The Morgan fingerprint density at radius 1 is 1.07 bits per heavy atom. The van der Waals surface area contributed by atoms with Gasteiger partial charge in [0, 0.05) is 24.9 Å². The van der Waals surface area contributed by atoms with Crippen molar-refractivity contribution < 1.29 is 18.9 Å². The van der Waals surface area contributed by atoms with Crippen molar-refractivity contribution in [2.75, 3.05) is 47.3 Å². The lowest BCUT2D eigenvalue weighted by molar-refractivity contribution is -0.869. The molecular weight excluding hydrogens is 500 g/mol. The van der Waals surface area contributed by atoms with Gasteiger partial charge in [0.2, 0.25) is 0 Å². The molecule has 40 heavy (non-hydrogen) atoms. The number of quaternary nitrogens is 1.